The van der Waals surface area contributed by atoms with Crippen molar-refractivity contribution in [1.29, 1.82) is 0 Å². The molecule has 0 radical (unpaired) electrons. The summed E-state index contributed by atoms with van der Waals surface area (Å²) in [5.41, 5.74) is 8.73. The van der Waals surface area contributed by atoms with Crippen molar-refractivity contribution in [2.75, 3.05) is 16.4 Å². The van der Waals surface area contributed by atoms with Crippen molar-refractivity contribution in [3.63, 3.8) is 0 Å². The monoisotopic (exact) mass is 319 g/mol. The van der Waals surface area contributed by atoms with Crippen LogP contribution in [0.2, 0.25) is 0 Å². The first-order valence-corrected chi connectivity index (χ1v) is 6.54. The molecule has 0 heterocycles. The van der Waals surface area contributed by atoms with Crippen LogP contribution >= 0.6 is 15.9 Å². The molecule has 98 valence electrons. The molecule has 0 atom stereocenters. The molecule has 2 amide bonds. The molecule has 2 aromatic rings. The molecular formula is C14H14BrN3O. The Morgan fingerprint density at radius 1 is 1.11 bits per heavy atom. The van der Waals surface area contributed by atoms with Crippen LogP contribution in [0, 0.1) is 6.92 Å². The lowest BCUT2D eigenvalue weighted by Crippen LogP contribution is -2.20. The van der Waals surface area contributed by atoms with Crippen molar-refractivity contribution < 1.29 is 4.79 Å². The number of carbonyl (C=O) groups is 1. The van der Waals surface area contributed by atoms with Crippen LogP contribution in [-0.2, 0) is 0 Å². The van der Waals surface area contributed by atoms with Gasteiger partial charge in [-0.25, -0.2) is 4.79 Å². The molecule has 0 bridgehead atoms. The van der Waals surface area contributed by atoms with Gasteiger partial charge in [0.05, 0.1) is 17.1 Å². The van der Waals surface area contributed by atoms with Crippen LogP contribution in [0.15, 0.2) is 46.9 Å². The summed E-state index contributed by atoms with van der Waals surface area (Å²) < 4.78 is 0.821. The van der Waals surface area contributed by atoms with Crippen LogP contribution in [0.3, 0.4) is 0 Å². The van der Waals surface area contributed by atoms with E-state index in [4.69, 9.17) is 5.73 Å². The Balaban J connectivity index is 2.08. The number of rotatable bonds is 2. The second-order valence-corrected chi connectivity index (χ2v) is 5.00. The number of urea groups is 1. The standard InChI is InChI=1S/C14H14BrN3O/c1-9-6-7-13(11(16)8-9)18-14(19)17-12-5-3-2-4-10(12)15/h2-8H,16H2,1H3,(H2,17,18,19). The van der Waals surface area contributed by atoms with Crippen molar-refractivity contribution in [2.24, 2.45) is 0 Å². The second-order valence-electron chi connectivity index (χ2n) is 4.15. The lowest BCUT2D eigenvalue weighted by Gasteiger charge is -2.11. The molecule has 0 saturated heterocycles. The number of hydrogen-bond acceptors (Lipinski definition) is 2. The first kappa shape index (κ1) is 13.4. The lowest BCUT2D eigenvalue weighted by atomic mass is 10.2. The van der Waals surface area contributed by atoms with Crippen molar-refractivity contribution in [2.45, 2.75) is 6.92 Å². The van der Waals surface area contributed by atoms with Gasteiger partial charge in [-0.3, -0.25) is 0 Å². The maximum Gasteiger partial charge on any atom is 0.323 e. The molecule has 0 aliphatic heterocycles. The predicted molar refractivity (Wildman–Crippen MR) is 82.4 cm³/mol. The molecule has 0 aromatic heterocycles. The Morgan fingerprint density at radius 2 is 1.79 bits per heavy atom. The number of hydrogen-bond donors (Lipinski definition) is 3. The molecule has 0 unspecified atom stereocenters. The Kier molecular flexibility index (Phi) is 4.06. The maximum absolute atomic E-state index is 11.9. The van der Waals surface area contributed by atoms with Gasteiger partial charge in [0.2, 0.25) is 0 Å². The van der Waals surface area contributed by atoms with Gasteiger partial charge in [-0.1, -0.05) is 18.2 Å². The van der Waals surface area contributed by atoms with Gasteiger partial charge in [0.25, 0.3) is 0 Å². The molecule has 0 spiro atoms. The van der Waals surface area contributed by atoms with Crippen molar-refractivity contribution in [1.82, 2.24) is 0 Å². The van der Waals surface area contributed by atoms with Gasteiger partial charge in [-0.2, -0.15) is 0 Å². The molecule has 5 heteroatoms. The number of nitrogens with two attached hydrogens (primary N) is 1. The molecule has 4 nitrogen and oxygen atoms in total. The smallest absolute Gasteiger partial charge is 0.323 e. The number of halogens is 1. The largest absolute Gasteiger partial charge is 0.397 e. The van der Waals surface area contributed by atoms with E-state index in [1.54, 1.807) is 6.07 Å². The first-order valence-electron chi connectivity index (χ1n) is 5.75. The van der Waals surface area contributed by atoms with Gasteiger partial charge in [0, 0.05) is 4.47 Å². The van der Waals surface area contributed by atoms with E-state index in [1.165, 1.54) is 0 Å². The normalized spacial score (nSPS) is 10.0. The molecule has 19 heavy (non-hydrogen) atoms. The van der Waals surface area contributed by atoms with E-state index >= 15 is 0 Å². The number of nitrogen functional groups attached to an aromatic ring is 1. The summed E-state index contributed by atoms with van der Waals surface area (Å²) in [5.74, 6) is 0. The van der Waals surface area contributed by atoms with E-state index in [-0.39, 0.29) is 6.03 Å². The van der Waals surface area contributed by atoms with Crippen LogP contribution in [0.5, 0.6) is 0 Å². The molecule has 0 fully saturated rings. The fourth-order valence-corrected chi connectivity index (χ4v) is 2.02. The van der Waals surface area contributed by atoms with Gasteiger partial charge in [0.15, 0.2) is 0 Å². The summed E-state index contributed by atoms with van der Waals surface area (Å²) in [6.07, 6.45) is 0. The Morgan fingerprint density at radius 3 is 2.47 bits per heavy atom. The fourth-order valence-electron chi connectivity index (χ4n) is 1.63. The van der Waals surface area contributed by atoms with Gasteiger partial charge in [-0.15, -0.1) is 0 Å². The minimum absolute atomic E-state index is 0.331. The summed E-state index contributed by atoms with van der Waals surface area (Å²) in [6, 6.07) is 12.6. The molecule has 0 saturated carbocycles. The highest BCUT2D eigenvalue weighted by molar-refractivity contribution is 9.10. The first-order chi connectivity index (χ1) is 9.06. The zero-order valence-corrected chi connectivity index (χ0v) is 12.0. The van der Waals surface area contributed by atoms with Crippen molar-refractivity contribution >= 4 is 39.0 Å². The summed E-state index contributed by atoms with van der Waals surface area (Å²) in [6.45, 7) is 1.95. The highest BCUT2D eigenvalue weighted by Gasteiger charge is 2.07. The number of amides is 2. The average molecular weight is 320 g/mol. The molecule has 2 aromatic carbocycles. The van der Waals surface area contributed by atoms with Crippen LogP contribution in [0.25, 0.3) is 0 Å². The third-order valence-corrected chi connectivity index (χ3v) is 3.27. The van der Waals surface area contributed by atoms with Crippen LogP contribution in [0.1, 0.15) is 5.56 Å². The van der Waals surface area contributed by atoms with Crippen LogP contribution in [0.4, 0.5) is 21.9 Å². The van der Waals surface area contributed by atoms with E-state index in [9.17, 15) is 4.79 Å². The zero-order chi connectivity index (χ0) is 13.8. The van der Waals surface area contributed by atoms with E-state index in [0.29, 0.717) is 17.1 Å². The predicted octanol–water partition coefficient (Wildman–Crippen LogP) is 3.98. The highest BCUT2D eigenvalue weighted by Crippen LogP contribution is 2.23. The summed E-state index contributed by atoms with van der Waals surface area (Å²) in [7, 11) is 0. The molecule has 4 N–H and O–H groups in total. The van der Waals surface area contributed by atoms with E-state index in [2.05, 4.69) is 26.6 Å². The minimum atomic E-state index is -0.331. The Hall–Kier alpha value is -2.01. The third-order valence-electron chi connectivity index (χ3n) is 2.58. The minimum Gasteiger partial charge on any atom is -0.397 e. The van der Waals surface area contributed by atoms with Crippen molar-refractivity contribution in [3.8, 4) is 0 Å². The number of aryl methyl sites for hydroxylation is 1. The van der Waals surface area contributed by atoms with E-state index in [1.807, 2.05) is 43.3 Å². The quantitative estimate of drug-likeness (QED) is 0.733. The summed E-state index contributed by atoms with van der Waals surface area (Å²) >= 11 is 3.37. The topological polar surface area (TPSA) is 67.2 Å². The Labute approximate surface area is 120 Å². The van der Waals surface area contributed by atoms with E-state index < -0.39 is 0 Å². The van der Waals surface area contributed by atoms with Gasteiger partial charge < -0.3 is 16.4 Å². The second kappa shape index (κ2) is 5.75. The zero-order valence-electron chi connectivity index (χ0n) is 10.4. The van der Waals surface area contributed by atoms with Gasteiger partial charge in [0.1, 0.15) is 0 Å². The molecule has 0 aliphatic carbocycles. The van der Waals surface area contributed by atoms with Gasteiger partial charge >= 0.3 is 6.03 Å². The highest BCUT2D eigenvalue weighted by atomic mass is 79.9. The van der Waals surface area contributed by atoms with Crippen LogP contribution < -0.4 is 16.4 Å². The van der Waals surface area contributed by atoms with Gasteiger partial charge in [-0.05, 0) is 52.7 Å². The Bertz CT molecular complexity index is 613. The molecule has 2 rings (SSSR count). The van der Waals surface area contributed by atoms with Crippen LogP contribution in [-0.4, -0.2) is 6.03 Å². The number of benzene rings is 2. The third kappa shape index (κ3) is 3.48. The van der Waals surface area contributed by atoms with E-state index in [0.717, 1.165) is 10.0 Å². The average Bonchev–Trinajstić information content (AvgIpc) is 2.36. The molecule has 0 aliphatic rings. The summed E-state index contributed by atoms with van der Waals surface area (Å²) in [4.78, 5) is 11.9. The number of nitrogens with one attached hydrogen (secondary N) is 2. The number of carbonyl (C=O) groups excluding carboxylic acids is 1. The fraction of sp³-hybridized carbons (Fsp3) is 0.0714. The SMILES string of the molecule is Cc1ccc(NC(=O)Nc2ccccc2Br)c(N)c1. The molecular weight excluding hydrogens is 306 g/mol. The van der Waals surface area contributed by atoms with Crippen molar-refractivity contribution in [3.05, 3.63) is 52.5 Å². The number of para-hydroxylation sites is 1. The number of anilines is 3. The summed E-state index contributed by atoms with van der Waals surface area (Å²) in [5, 5.41) is 5.47. The lowest BCUT2D eigenvalue weighted by molar-refractivity contribution is 0.262. The maximum atomic E-state index is 11.9.